The molecule has 0 saturated carbocycles. The fourth-order valence-electron chi connectivity index (χ4n) is 2.21. The molecule has 1 rings (SSSR count). The molecule has 1 aromatic rings. The number of carbonyl (C=O) groups is 1. The number of nitrogens with one attached hydrogen (secondary N) is 1. The molecule has 1 atom stereocenters. The topological polar surface area (TPSA) is 86.7 Å². The van der Waals surface area contributed by atoms with Gasteiger partial charge in [-0.15, -0.1) is 0 Å². The number of aliphatic carboxylic acids is 1. The number of hydrogen-bond donors (Lipinski definition) is 2. The Labute approximate surface area is 138 Å². The molecule has 0 aliphatic rings. The SMILES string of the molecule is CC[C@@H](CC(=O)O)NS(=O)(=O)N(C)CCCCc1ccccc1. The molecule has 6 nitrogen and oxygen atoms in total. The van der Waals surface area contributed by atoms with Crippen LogP contribution in [0.15, 0.2) is 30.3 Å². The van der Waals surface area contributed by atoms with Gasteiger partial charge in [0.1, 0.15) is 0 Å². The van der Waals surface area contributed by atoms with E-state index in [1.54, 1.807) is 6.92 Å². The Morgan fingerprint density at radius 2 is 1.91 bits per heavy atom. The van der Waals surface area contributed by atoms with Crippen LogP contribution < -0.4 is 4.72 Å². The monoisotopic (exact) mass is 342 g/mol. The van der Waals surface area contributed by atoms with E-state index >= 15 is 0 Å². The van der Waals surface area contributed by atoms with Gasteiger partial charge >= 0.3 is 5.97 Å². The van der Waals surface area contributed by atoms with Crippen LogP contribution in [0.2, 0.25) is 0 Å². The van der Waals surface area contributed by atoms with E-state index in [2.05, 4.69) is 16.9 Å². The third-order valence-electron chi connectivity index (χ3n) is 3.67. The van der Waals surface area contributed by atoms with Gasteiger partial charge in [0.15, 0.2) is 0 Å². The minimum atomic E-state index is -3.64. The van der Waals surface area contributed by atoms with Crippen LogP contribution in [0, 0.1) is 0 Å². The smallest absolute Gasteiger partial charge is 0.304 e. The van der Waals surface area contributed by atoms with Crippen molar-refractivity contribution in [2.75, 3.05) is 13.6 Å². The minimum Gasteiger partial charge on any atom is -0.481 e. The predicted octanol–water partition coefficient (Wildman–Crippen LogP) is 2.03. The van der Waals surface area contributed by atoms with Crippen LogP contribution in [0.3, 0.4) is 0 Å². The number of nitrogens with zero attached hydrogens (tertiary/aromatic N) is 1. The first-order chi connectivity index (χ1) is 10.8. The van der Waals surface area contributed by atoms with E-state index in [0.717, 1.165) is 19.3 Å². The van der Waals surface area contributed by atoms with Gasteiger partial charge in [-0.3, -0.25) is 4.79 Å². The largest absolute Gasteiger partial charge is 0.481 e. The molecule has 0 aromatic heterocycles. The highest BCUT2D eigenvalue weighted by atomic mass is 32.2. The zero-order valence-electron chi connectivity index (χ0n) is 13.7. The molecule has 0 spiro atoms. The van der Waals surface area contributed by atoms with Gasteiger partial charge in [0, 0.05) is 19.6 Å². The molecule has 0 bridgehead atoms. The molecule has 23 heavy (non-hydrogen) atoms. The molecule has 0 radical (unpaired) electrons. The summed E-state index contributed by atoms with van der Waals surface area (Å²) in [6.07, 6.45) is 2.79. The van der Waals surface area contributed by atoms with E-state index in [1.807, 2.05) is 18.2 Å². The Morgan fingerprint density at radius 1 is 1.26 bits per heavy atom. The van der Waals surface area contributed by atoms with Crippen LogP contribution in [0.5, 0.6) is 0 Å². The summed E-state index contributed by atoms with van der Waals surface area (Å²) in [7, 11) is -2.13. The van der Waals surface area contributed by atoms with Gasteiger partial charge in [0.05, 0.1) is 6.42 Å². The van der Waals surface area contributed by atoms with Crippen molar-refractivity contribution >= 4 is 16.2 Å². The van der Waals surface area contributed by atoms with Gasteiger partial charge in [0.25, 0.3) is 10.2 Å². The van der Waals surface area contributed by atoms with Gasteiger partial charge in [-0.05, 0) is 31.2 Å². The van der Waals surface area contributed by atoms with Gasteiger partial charge in [-0.2, -0.15) is 17.4 Å². The number of aryl methyl sites for hydroxylation is 1. The minimum absolute atomic E-state index is 0.211. The Hall–Kier alpha value is -1.44. The summed E-state index contributed by atoms with van der Waals surface area (Å²) in [5, 5.41) is 8.78. The highest BCUT2D eigenvalue weighted by Crippen LogP contribution is 2.07. The standard InChI is InChI=1S/C16H26N2O4S/c1-3-15(13-16(19)20)17-23(21,22)18(2)12-8-7-11-14-9-5-4-6-10-14/h4-6,9-10,15,17H,3,7-8,11-13H2,1-2H3,(H,19,20)/t15-/m0/s1. The highest BCUT2D eigenvalue weighted by Gasteiger charge is 2.22. The van der Waals surface area contributed by atoms with Crippen LogP contribution >= 0.6 is 0 Å². The number of rotatable bonds is 11. The molecule has 0 amide bonds. The van der Waals surface area contributed by atoms with Crippen LogP contribution in [-0.4, -0.2) is 43.4 Å². The normalized spacial score (nSPS) is 13.2. The average Bonchev–Trinajstić information content (AvgIpc) is 2.51. The molecule has 7 heteroatoms. The van der Waals surface area contributed by atoms with Crippen LogP contribution in [0.1, 0.15) is 38.2 Å². The highest BCUT2D eigenvalue weighted by molar-refractivity contribution is 7.87. The summed E-state index contributed by atoms with van der Waals surface area (Å²) in [5.41, 5.74) is 1.24. The third-order valence-corrected chi connectivity index (χ3v) is 5.31. The molecule has 0 aliphatic carbocycles. The lowest BCUT2D eigenvalue weighted by molar-refractivity contribution is -0.137. The van der Waals surface area contributed by atoms with E-state index in [-0.39, 0.29) is 6.42 Å². The van der Waals surface area contributed by atoms with Crippen molar-refractivity contribution < 1.29 is 18.3 Å². The first-order valence-corrected chi connectivity index (χ1v) is 9.28. The Morgan fingerprint density at radius 3 is 2.48 bits per heavy atom. The van der Waals surface area contributed by atoms with Gasteiger partial charge in [-0.25, -0.2) is 0 Å². The van der Waals surface area contributed by atoms with Crippen molar-refractivity contribution in [3.8, 4) is 0 Å². The maximum atomic E-state index is 12.2. The van der Waals surface area contributed by atoms with Crippen molar-refractivity contribution in [1.82, 2.24) is 9.03 Å². The van der Waals surface area contributed by atoms with Crippen molar-refractivity contribution in [1.29, 1.82) is 0 Å². The van der Waals surface area contributed by atoms with E-state index in [4.69, 9.17) is 5.11 Å². The van der Waals surface area contributed by atoms with Gasteiger partial charge < -0.3 is 5.11 Å². The Balaban J connectivity index is 2.39. The molecule has 0 saturated heterocycles. The summed E-state index contributed by atoms with van der Waals surface area (Å²) in [6, 6.07) is 9.48. The zero-order chi connectivity index (χ0) is 17.3. The fraction of sp³-hybridized carbons (Fsp3) is 0.562. The van der Waals surface area contributed by atoms with Gasteiger partial charge in [-0.1, -0.05) is 37.3 Å². The molecular weight excluding hydrogens is 316 g/mol. The summed E-state index contributed by atoms with van der Waals surface area (Å²) in [5.74, 6) is -1.01. The molecule has 0 heterocycles. The second kappa shape index (κ2) is 9.64. The summed E-state index contributed by atoms with van der Waals surface area (Å²) in [6.45, 7) is 2.17. The predicted molar refractivity (Wildman–Crippen MR) is 90.4 cm³/mol. The van der Waals surface area contributed by atoms with E-state index < -0.39 is 22.2 Å². The summed E-state index contributed by atoms with van der Waals surface area (Å²) >= 11 is 0. The molecule has 0 fully saturated rings. The molecule has 1 aromatic carbocycles. The average molecular weight is 342 g/mol. The second-order valence-electron chi connectivity index (χ2n) is 5.59. The molecule has 0 aliphatic heterocycles. The van der Waals surface area contributed by atoms with Gasteiger partial charge in [0.2, 0.25) is 0 Å². The van der Waals surface area contributed by atoms with Crippen LogP contribution in [0.25, 0.3) is 0 Å². The first kappa shape index (κ1) is 19.6. The molecular formula is C16H26N2O4S. The summed E-state index contributed by atoms with van der Waals surface area (Å²) < 4.78 is 28.0. The lowest BCUT2D eigenvalue weighted by Gasteiger charge is -2.21. The lowest BCUT2D eigenvalue weighted by Crippen LogP contribution is -2.44. The van der Waals surface area contributed by atoms with Crippen molar-refractivity contribution in [3.63, 3.8) is 0 Å². The van der Waals surface area contributed by atoms with E-state index in [0.29, 0.717) is 13.0 Å². The van der Waals surface area contributed by atoms with Crippen molar-refractivity contribution in [3.05, 3.63) is 35.9 Å². The van der Waals surface area contributed by atoms with E-state index in [9.17, 15) is 13.2 Å². The lowest BCUT2D eigenvalue weighted by atomic mass is 10.1. The fourth-order valence-corrected chi connectivity index (χ4v) is 3.43. The second-order valence-corrected chi connectivity index (χ2v) is 7.40. The molecule has 2 N–H and O–H groups in total. The third kappa shape index (κ3) is 7.58. The Bertz CT molecular complexity index is 575. The first-order valence-electron chi connectivity index (χ1n) is 7.84. The number of unbranched alkanes of at least 4 members (excludes halogenated alkanes) is 1. The Kier molecular flexibility index (Phi) is 8.22. The van der Waals surface area contributed by atoms with Crippen molar-refractivity contribution in [2.24, 2.45) is 0 Å². The van der Waals surface area contributed by atoms with Crippen LogP contribution in [-0.2, 0) is 21.4 Å². The number of carboxylic acids is 1. The number of hydrogen-bond acceptors (Lipinski definition) is 3. The number of carboxylic acid groups (broad SMARTS) is 1. The maximum Gasteiger partial charge on any atom is 0.304 e. The van der Waals surface area contributed by atoms with Crippen molar-refractivity contribution in [2.45, 2.75) is 45.1 Å². The maximum absolute atomic E-state index is 12.2. The van der Waals surface area contributed by atoms with E-state index in [1.165, 1.54) is 16.9 Å². The molecule has 0 unspecified atom stereocenters. The summed E-state index contributed by atoms with van der Waals surface area (Å²) in [4.78, 5) is 10.7. The quantitative estimate of drug-likeness (QED) is 0.603. The zero-order valence-corrected chi connectivity index (χ0v) is 14.6. The number of benzene rings is 1. The van der Waals surface area contributed by atoms with Crippen LogP contribution in [0.4, 0.5) is 0 Å². The molecule has 130 valence electrons.